The summed E-state index contributed by atoms with van der Waals surface area (Å²) >= 11 is 0. The number of aliphatic hydroxyl groups is 1. The van der Waals surface area contributed by atoms with Crippen LogP contribution in [0.15, 0.2) is 42.5 Å². The summed E-state index contributed by atoms with van der Waals surface area (Å²) in [5.74, 6) is 0. The van der Waals surface area contributed by atoms with Gasteiger partial charge in [0.25, 0.3) is 0 Å². The molecule has 0 amide bonds. The summed E-state index contributed by atoms with van der Waals surface area (Å²) < 4.78 is 0. The van der Waals surface area contributed by atoms with Gasteiger partial charge >= 0.3 is 0 Å². The Kier molecular flexibility index (Phi) is 5.06. The van der Waals surface area contributed by atoms with E-state index in [1.807, 2.05) is 32.3 Å². The molecular weight excluding hydrogens is 262 g/mol. The Bertz CT molecular complexity index is 579. The highest BCUT2D eigenvalue weighted by molar-refractivity contribution is 5.57. The van der Waals surface area contributed by atoms with Crippen molar-refractivity contribution in [1.29, 1.82) is 0 Å². The van der Waals surface area contributed by atoms with E-state index in [0.29, 0.717) is 6.42 Å². The Balaban J connectivity index is 2.00. The van der Waals surface area contributed by atoms with Crippen LogP contribution in [0.1, 0.15) is 11.1 Å². The van der Waals surface area contributed by atoms with Crippen LogP contribution in [-0.2, 0) is 13.0 Å². The van der Waals surface area contributed by atoms with Crippen molar-refractivity contribution >= 4 is 17.1 Å². The molecule has 0 bridgehead atoms. The van der Waals surface area contributed by atoms with E-state index in [0.717, 1.165) is 23.5 Å². The van der Waals surface area contributed by atoms with E-state index < -0.39 is 0 Å². The molecule has 2 rings (SSSR count). The highest BCUT2D eigenvalue weighted by atomic mass is 16.2. The molecule has 4 heteroatoms. The molecule has 4 nitrogen and oxygen atoms in total. The van der Waals surface area contributed by atoms with Gasteiger partial charge in [0.2, 0.25) is 0 Å². The number of benzene rings is 2. The van der Waals surface area contributed by atoms with E-state index in [-0.39, 0.29) is 6.61 Å². The van der Waals surface area contributed by atoms with Crippen LogP contribution in [0.25, 0.3) is 0 Å². The monoisotopic (exact) mass is 285 g/mol. The van der Waals surface area contributed by atoms with Crippen molar-refractivity contribution in [2.24, 2.45) is 0 Å². The molecule has 112 valence electrons. The van der Waals surface area contributed by atoms with Gasteiger partial charge in [0.1, 0.15) is 0 Å². The minimum absolute atomic E-state index is 0.111. The number of nitrogens with one attached hydrogen (secondary N) is 1. The Morgan fingerprint density at radius 2 is 1.81 bits per heavy atom. The molecule has 0 fully saturated rings. The summed E-state index contributed by atoms with van der Waals surface area (Å²) in [7, 11) is 4.06. The zero-order chi connectivity index (χ0) is 15.2. The second kappa shape index (κ2) is 6.99. The minimum atomic E-state index is 0.111. The second-order valence-corrected chi connectivity index (χ2v) is 5.30. The van der Waals surface area contributed by atoms with Crippen LogP contribution in [0.3, 0.4) is 0 Å². The van der Waals surface area contributed by atoms with Crippen LogP contribution < -0.4 is 16.0 Å². The van der Waals surface area contributed by atoms with Gasteiger partial charge in [-0.15, -0.1) is 0 Å². The van der Waals surface area contributed by atoms with Crippen LogP contribution >= 0.6 is 0 Å². The molecule has 2 aromatic carbocycles. The quantitative estimate of drug-likeness (QED) is 0.714. The minimum Gasteiger partial charge on any atom is -0.399 e. The third-order valence-corrected chi connectivity index (χ3v) is 3.47. The maximum atomic E-state index is 9.03. The molecule has 0 saturated heterocycles. The van der Waals surface area contributed by atoms with Crippen molar-refractivity contribution in [3.8, 4) is 0 Å². The smallest absolute Gasteiger partial charge is 0.0472 e. The fraction of sp³-hybridized carbons (Fsp3) is 0.294. The van der Waals surface area contributed by atoms with Crippen molar-refractivity contribution in [3.63, 3.8) is 0 Å². The molecule has 0 atom stereocenters. The first-order chi connectivity index (χ1) is 10.1. The Morgan fingerprint density at radius 3 is 2.43 bits per heavy atom. The van der Waals surface area contributed by atoms with Crippen molar-refractivity contribution in [2.75, 3.05) is 36.7 Å². The zero-order valence-corrected chi connectivity index (χ0v) is 12.6. The second-order valence-electron chi connectivity index (χ2n) is 5.30. The third kappa shape index (κ3) is 4.13. The molecule has 2 aromatic rings. The zero-order valence-electron chi connectivity index (χ0n) is 12.6. The molecule has 0 aromatic heterocycles. The highest BCUT2D eigenvalue weighted by Gasteiger charge is 2.01. The Labute approximate surface area is 126 Å². The molecule has 0 aliphatic carbocycles. The normalized spacial score (nSPS) is 10.4. The molecule has 0 unspecified atom stereocenters. The van der Waals surface area contributed by atoms with Gasteiger partial charge in [0.15, 0.2) is 0 Å². The largest absolute Gasteiger partial charge is 0.399 e. The average Bonchev–Trinajstić information content (AvgIpc) is 2.48. The molecule has 21 heavy (non-hydrogen) atoms. The lowest BCUT2D eigenvalue weighted by Crippen LogP contribution is -2.08. The van der Waals surface area contributed by atoms with Gasteiger partial charge in [-0.3, -0.25) is 0 Å². The molecule has 0 saturated carbocycles. The number of nitrogens with zero attached hydrogens (tertiary/aromatic N) is 1. The van der Waals surface area contributed by atoms with E-state index in [2.05, 4.69) is 34.5 Å². The van der Waals surface area contributed by atoms with Gasteiger partial charge in [0.05, 0.1) is 0 Å². The van der Waals surface area contributed by atoms with E-state index in [9.17, 15) is 0 Å². The van der Waals surface area contributed by atoms with Gasteiger partial charge in [-0.25, -0.2) is 0 Å². The number of rotatable bonds is 6. The van der Waals surface area contributed by atoms with Crippen LogP contribution in [0.5, 0.6) is 0 Å². The first kappa shape index (κ1) is 15.2. The predicted octanol–water partition coefficient (Wildman–Crippen LogP) is 2.48. The maximum Gasteiger partial charge on any atom is 0.0472 e. The lowest BCUT2D eigenvalue weighted by atomic mass is 10.1. The third-order valence-electron chi connectivity index (χ3n) is 3.47. The first-order valence-electron chi connectivity index (χ1n) is 7.09. The van der Waals surface area contributed by atoms with Crippen molar-refractivity contribution in [1.82, 2.24) is 0 Å². The number of nitrogens with two attached hydrogens (primary N) is 1. The first-order valence-corrected chi connectivity index (χ1v) is 7.09. The number of hydrogen-bond acceptors (Lipinski definition) is 4. The van der Waals surface area contributed by atoms with E-state index in [1.54, 1.807) is 0 Å². The topological polar surface area (TPSA) is 61.5 Å². The van der Waals surface area contributed by atoms with Gasteiger partial charge in [-0.05, 0) is 47.9 Å². The molecule has 0 radical (unpaired) electrons. The summed E-state index contributed by atoms with van der Waals surface area (Å²) in [5.41, 5.74) is 11.0. The highest BCUT2D eigenvalue weighted by Crippen LogP contribution is 2.19. The van der Waals surface area contributed by atoms with E-state index in [1.165, 1.54) is 11.3 Å². The van der Waals surface area contributed by atoms with Crippen LogP contribution in [0.2, 0.25) is 0 Å². The summed E-state index contributed by atoms with van der Waals surface area (Å²) in [6, 6.07) is 14.3. The molecular formula is C17H23N3O. The molecule has 0 spiro atoms. The van der Waals surface area contributed by atoms with Gasteiger partial charge in [0, 0.05) is 44.3 Å². The van der Waals surface area contributed by atoms with Gasteiger partial charge in [-0.1, -0.05) is 12.1 Å². The number of hydrogen-bond donors (Lipinski definition) is 3. The summed E-state index contributed by atoms with van der Waals surface area (Å²) in [6.07, 6.45) is 0.582. The van der Waals surface area contributed by atoms with Crippen molar-refractivity contribution in [2.45, 2.75) is 13.0 Å². The Morgan fingerprint density at radius 1 is 1.10 bits per heavy atom. The standard InChI is InChI=1S/C17H23N3O/c1-20(2)16-6-3-13(4-7-16)12-19-15-5-8-17(18)14(11-15)9-10-21/h3-8,11,19,21H,9-10,12,18H2,1-2H3. The number of anilines is 3. The van der Waals surface area contributed by atoms with E-state index in [4.69, 9.17) is 10.8 Å². The predicted molar refractivity (Wildman–Crippen MR) is 89.7 cm³/mol. The SMILES string of the molecule is CN(C)c1ccc(CNc2ccc(N)c(CCO)c2)cc1. The summed E-state index contributed by atoms with van der Waals surface area (Å²) in [4.78, 5) is 2.08. The van der Waals surface area contributed by atoms with Crippen LogP contribution in [0.4, 0.5) is 17.1 Å². The summed E-state index contributed by atoms with van der Waals surface area (Å²) in [5, 5.41) is 12.4. The van der Waals surface area contributed by atoms with Crippen molar-refractivity contribution in [3.05, 3.63) is 53.6 Å². The summed E-state index contributed by atoms with van der Waals surface area (Å²) in [6.45, 7) is 0.871. The van der Waals surface area contributed by atoms with Crippen molar-refractivity contribution < 1.29 is 5.11 Å². The lowest BCUT2D eigenvalue weighted by molar-refractivity contribution is 0.300. The fourth-order valence-electron chi connectivity index (χ4n) is 2.17. The lowest BCUT2D eigenvalue weighted by Gasteiger charge is -2.13. The van der Waals surface area contributed by atoms with Crippen LogP contribution in [0, 0.1) is 0 Å². The van der Waals surface area contributed by atoms with Crippen LogP contribution in [-0.4, -0.2) is 25.8 Å². The van der Waals surface area contributed by atoms with E-state index >= 15 is 0 Å². The molecule has 0 aliphatic rings. The maximum absolute atomic E-state index is 9.03. The van der Waals surface area contributed by atoms with Gasteiger partial charge < -0.3 is 21.1 Å². The molecule has 4 N–H and O–H groups in total. The van der Waals surface area contributed by atoms with Gasteiger partial charge in [-0.2, -0.15) is 0 Å². The average molecular weight is 285 g/mol. The fourth-order valence-corrected chi connectivity index (χ4v) is 2.17. The Hall–Kier alpha value is -2.20. The molecule has 0 aliphatic heterocycles. The number of nitrogen functional groups attached to an aromatic ring is 1. The number of aliphatic hydroxyl groups excluding tert-OH is 1. The molecule has 0 heterocycles.